The number of rotatable bonds is 2. The van der Waals surface area contributed by atoms with Gasteiger partial charge in [-0.25, -0.2) is 0 Å². The first kappa shape index (κ1) is 17.5. The third-order valence-electron chi connectivity index (χ3n) is 5.07. The Balaban J connectivity index is 1.73. The standard InChI is InChI=1S/C24H14O4S/c25-21-15-8-4-5-9-16(15)22(26)20-19(21)23(27)17-11-10-14(12-18(17)24(20)28)29-13-6-2-1-3-7-13/h1-12,27-28H. The quantitative estimate of drug-likeness (QED) is 0.401. The van der Waals surface area contributed by atoms with Crippen molar-refractivity contribution in [3.05, 3.63) is 95.1 Å². The van der Waals surface area contributed by atoms with Crippen LogP contribution in [0.4, 0.5) is 0 Å². The van der Waals surface area contributed by atoms with Crippen LogP contribution in [0.3, 0.4) is 0 Å². The molecule has 0 bridgehead atoms. The monoisotopic (exact) mass is 398 g/mol. The van der Waals surface area contributed by atoms with Crippen molar-refractivity contribution in [1.82, 2.24) is 0 Å². The lowest BCUT2D eigenvalue weighted by Gasteiger charge is -2.21. The smallest absolute Gasteiger partial charge is 0.198 e. The third-order valence-corrected chi connectivity index (χ3v) is 6.07. The molecule has 0 spiro atoms. The molecule has 29 heavy (non-hydrogen) atoms. The molecule has 0 aromatic heterocycles. The molecule has 1 aliphatic carbocycles. The lowest BCUT2D eigenvalue weighted by atomic mass is 9.81. The van der Waals surface area contributed by atoms with Gasteiger partial charge < -0.3 is 10.2 Å². The van der Waals surface area contributed by atoms with Crippen LogP contribution in [0, 0.1) is 0 Å². The van der Waals surface area contributed by atoms with Gasteiger partial charge in [-0.1, -0.05) is 54.2 Å². The summed E-state index contributed by atoms with van der Waals surface area (Å²) < 4.78 is 0. The van der Waals surface area contributed by atoms with Gasteiger partial charge in [0.1, 0.15) is 11.5 Å². The second-order valence-corrected chi connectivity index (χ2v) is 7.92. The van der Waals surface area contributed by atoms with Gasteiger partial charge in [-0.3, -0.25) is 9.59 Å². The molecule has 0 aliphatic heterocycles. The number of phenolic OH excluding ortho intramolecular Hbond substituents is 2. The molecule has 4 nitrogen and oxygen atoms in total. The van der Waals surface area contributed by atoms with Crippen molar-refractivity contribution in [3.63, 3.8) is 0 Å². The molecule has 0 radical (unpaired) electrons. The maximum Gasteiger partial charge on any atom is 0.198 e. The minimum atomic E-state index is -0.467. The summed E-state index contributed by atoms with van der Waals surface area (Å²) in [4.78, 5) is 27.8. The van der Waals surface area contributed by atoms with E-state index in [4.69, 9.17) is 0 Å². The van der Waals surface area contributed by atoms with E-state index in [1.807, 2.05) is 36.4 Å². The molecular weight excluding hydrogens is 384 g/mol. The minimum Gasteiger partial charge on any atom is -0.506 e. The molecule has 0 fully saturated rings. The van der Waals surface area contributed by atoms with Gasteiger partial charge in [0.2, 0.25) is 0 Å². The molecule has 0 saturated carbocycles. The highest BCUT2D eigenvalue weighted by Gasteiger charge is 2.35. The maximum atomic E-state index is 13.0. The number of carbonyl (C=O) groups is 2. The normalized spacial score (nSPS) is 12.7. The zero-order chi connectivity index (χ0) is 20.1. The van der Waals surface area contributed by atoms with Crippen LogP contribution in [0.25, 0.3) is 10.8 Å². The first-order valence-corrected chi connectivity index (χ1v) is 9.81. The van der Waals surface area contributed by atoms with Crippen LogP contribution in [0.2, 0.25) is 0 Å². The van der Waals surface area contributed by atoms with E-state index in [1.165, 1.54) is 11.8 Å². The summed E-state index contributed by atoms with van der Waals surface area (Å²) >= 11 is 1.50. The van der Waals surface area contributed by atoms with Gasteiger partial charge >= 0.3 is 0 Å². The van der Waals surface area contributed by atoms with Crippen LogP contribution in [-0.2, 0) is 0 Å². The van der Waals surface area contributed by atoms with Gasteiger partial charge in [0.25, 0.3) is 0 Å². The van der Waals surface area contributed by atoms with Crippen molar-refractivity contribution in [2.24, 2.45) is 0 Å². The Labute approximate surface area is 170 Å². The van der Waals surface area contributed by atoms with Gasteiger partial charge in [0.15, 0.2) is 11.6 Å². The van der Waals surface area contributed by atoms with E-state index in [2.05, 4.69) is 0 Å². The zero-order valence-electron chi connectivity index (χ0n) is 15.0. The van der Waals surface area contributed by atoms with Crippen LogP contribution in [-0.4, -0.2) is 21.8 Å². The van der Waals surface area contributed by atoms with E-state index in [-0.39, 0.29) is 33.8 Å². The molecule has 0 saturated heterocycles. The summed E-state index contributed by atoms with van der Waals surface area (Å²) in [5.41, 5.74) is 0.187. The van der Waals surface area contributed by atoms with Crippen molar-refractivity contribution >= 4 is 34.1 Å². The topological polar surface area (TPSA) is 74.6 Å². The Kier molecular flexibility index (Phi) is 3.93. The Morgan fingerprint density at radius 2 is 1.14 bits per heavy atom. The third kappa shape index (κ3) is 2.62. The van der Waals surface area contributed by atoms with E-state index in [9.17, 15) is 19.8 Å². The molecule has 4 aromatic carbocycles. The summed E-state index contributed by atoms with van der Waals surface area (Å²) in [6, 6.07) is 21.4. The Bertz CT molecular complexity index is 1330. The van der Waals surface area contributed by atoms with Crippen molar-refractivity contribution in [3.8, 4) is 11.5 Å². The largest absolute Gasteiger partial charge is 0.506 e. The van der Waals surface area contributed by atoms with Gasteiger partial charge in [0, 0.05) is 31.7 Å². The van der Waals surface area contributed by atoms with Crippen LogP contribution < -0.4 is 0 Å². The molecule has 140 valence electrons. The van der Waals surface area contributed by atoms with E-state index in [1.54, 1.807) is 36.4 Å². The predicted octanol–water partition coefficient (Wildman–Crippen LogP) is 5.18. The Morgan fingerprint density at radius 1 is 0.586 bits per heavy atom. The lowest BCUT2D eigenvalue weighted by molar-refractivity contribution is 0.0974. The highest BCUT2D eigenvalue weighted by molar-refractivity contribution is 7.99. The van der Waals surface area contributed by atoms with E-state index in [0.29, 0.717) is 10.8 Å². The van der Waals surface area contributed by atoms with Crippen LogP contribution >= 0.6 is 11.8 Å². The Morgan fingerprint density at radius 3 is 1.76 bits per heavy atom. The fraction of sp³-hybridized carbons (Fsp3) is 0. The summed E-state index contributed by atoms with van der Waals surface area (Å²) in [6.07, 6.45) is 0. The molecular formula is C24H14O4S. The molecule has 0 unspecified atom stereocenters. The molecule has 0 amide bonds. The highest BCUT2D eigenvalue weighted by atomic mass is 32.2. The van der Waals surface area contributed by atoms with Crippen LogP contribution in [0.15, 0.2) is 82.6 Å². The van der Waals surface area contributed by atoms with Gasteiger partial charge in [-0.05, 0) is 30.3 Å². The summed E-state index contributed by atoms with van der Waals surface area (Å²) in [5, 5.41) is 22.4. The SMILES string of the molecule is O=C1c2ccccc2C(=O)c2c1c(O)c1ccc(Sc3ccccc3)cc1c2O. The van der Waals surface area contributed by atoms with Crippen molar-refractivity contribution in [1.29, 1.82) is 0 Å². The summed E-state index contributed by atoms with van der Waals surface area (Å²) in [7, 11) is 0. The van der Waals surface area contributed by atoms with Crippen LogP contribution in [0.5, 0.6) is 11.5 Å². The highest BCUT2D eigenvalue weighted by Crippen LogP contribution is 2.45. The predicted molar refractivity (Wildman–Crippen MR) is 111 cm³/mol. The first-order chi connectivity index (χ1) is 14.1. The van der Waals surface area contributed by atoms with E-state index < -0.39 is 11.6 Å². The number of ketones is 2. The zero-order valence-corrected chi connectivity index (χ0v) is 15.9. The molecule has 4 aromatic rings. The van der Waals surface area contributed by atoms with Crippen LogP contribution in [0.1, 0.15) is 31.8 Å². The summed E-state index contributed by atoms with van der Waals surface area (Å²) in [6.45, 7) is 0. The van der Waals surface area contributed by atoms with E-state index in [0.717, 1.165) is 9.79 Å². The Hall–Kier alpha value is -3.57. The first-order valence-electron chi connectivity index (χ1n) is 8.99. The average molecular weight is 398 g/mol. The van der Waals surface area contributed by atoms with Crippen molar-refractivity contribution < 1.29 is 19.8 Å². The maximum absolute atomic E-state index is 13.0. The number of phenols is 2. The lowest BCUT2D eigenvalue weighted by Crippen LogP contribution is -2.21. The number of hydrogen-bond acceptors (Lipinski definition) is 5. The second kappa shape index (κ2) is 6.50. The van der Waals surface area contributed by atoms with Gasteiger partial charge in [-0.2, -0.15) is 0 Å². The van der Waals surface area contributed by atoms with E-state index >= 15 is 0 Å². The molecule has 1 aliphatic rings. The minimum absolute atomic E-state index is 0.137. The fourth-order valence-corrected chi connectivity index (χ4v) is 4.59. The van der Waals surface area contributed by atoms with Gasteiger partial charge in [-0.15, -0.1) is 0 Å². The molecule has 5 heteroatoms. The molecule has 2 N–H and O–H groups in total. The number of hydrogen-bond donors (Lipinski definition) is 2. The summed E-state index contributed by atoms with van der Waals surface area (Å²) in [5.74, 6) is -1.49. The molecule has 5 rings (SSSR count). The number of carbonyl (C=O) groups excluding carboxylic acids is 2. The molecule has 0 heterocycles. The fourth-order valence-electron chi connectivity index (χ4n) is 3.71. The average Bonchev–Trinajstić information content (AvgIpc) is 2.75. The van der Waals surface area contributed by atoms with Crippen molar-refractivity contribution in [2.75, 3.05) is 0 Å². The van der Waals surface area contributed by atoms with Crippen molar-refractivity contribution in [2.45, 2.75) is 9.79 Å². The van der Waals surface area contributed by atoms with Gasteiger partial charge in [0.05, 0.1) is 11.1 Å². The number of benzene rings is 4. The second-order valence-electron chi connectivity index (χ2n) is 6.77. The number of aromatic hydroxyl groups is 2. The molecule has 0 atom stereocenters. The number of fused-ring (bicyclic) bond motifs is 3.